The van der Waals surface area contributed by atoms with Crippen LogP contribution in [0.25, 0.3) is 0 Å². The third-order valence-electron chi connectivity index (χ3n) is 2.60. The number of hydrogen-bond acceptors (Lipinski definition) is 4. The van der Waals surface area contributed by atoms with E-state index in [0.717, 1.165) is 0 Å². The van der Waals surface area contributed by atoms with Crippen molar-refractivity contribution in [3.63, 3.8) is 0 Å². The van der Waals surface area contributed by atoms with Crippen LogP contribution in [0.3, 0.4) is 0 Å². The summed E-state index contributed by atoms with van der Waals surface area (Å²) in [4.78, 5) is 20.4. The molecule has 1 aromatic heterocycles. The average Bonchev–Trinajstić information content (AvgIpc) is 2.47. The molecule has 5 nitrogen and oxygen atoms in total. The van der Waals surface area contributed by atoms with E-state index in [1.807, 2.05) is 0 Å². The van der Waals surface area contributed by atoms with Gasteiger partial charge < -0.3 is 10.6 Å². The van der Waals surface area contributed by atoms with Crippen LogP contribution in [-0.2, 0) is 0 Å². The van der Waals surface area contributed by atoms with E-state index >= 15 is 0 Å². The number of carbonyl (C=O) groups is 1. The van der Waals surface area contributed by atoms with Gasteiger partial charge >= 0.3 is 0 Å². The SMILES string of the molecule is C=CCNc1cc(C(=O)Nc2ccc(F)cc2)nc(C)n1. The number of aromatic nitrogens is 2. The lowest BCUT2D eigenvalue weighted by atomic mass is 10.3. The Morgan fingerprint density at radius 2 is 2.05 bits per heavy atom. The molecule has 2 aromatic rings. The van der Waals surface area contributed by atoms with Gasteiger partial charge in [0.15, 0.2) is 0 Å². The van der Waals surface area contributed by atoms with Crippen molar-refractivity contribution in [2.45, 2.75) is 6.92 Å². The summed E-state index contributed by atoms with van der Waals surface area (Å²) in [5, 5.41) is 5.66. The zero-order valence-corrected chi connectivity index (χ0v) is 11.6. The van der Waals surface area contributed by atoms with E-state index in [1.54, 1.807) is 19.1 Å². The van der Waals surface area contributed by atoms with Crippen LogP contribution in [0.2, 0.25) is 0 Å². The Bertz CT molecular complexity index is 655. The Hall–Kier alpha value is -2.76. The van der Waals surface area contributed by atoms with E-state index in [2.05, 4.69) is 27.2 Å². The van der Waals surface area contributed by atoms with Gasteiger partial charge in [-0.15, -0.1) is 6.58 Å². The number of hydrogen-bond donors (Lipinski definition) is 2. The molecule has 0 bridgehead atoms. The zero-order valence-electron chi connectivity index (χ0n) is 11.6. The van der Waals surface area contributed by atoms with Crippen molar-refractivity contribution in [3.05, 3.63) is 60.3 Å². The minimum atomic E-state index is -0.381. The maximum Gasteiger partial charge on any atom is 0.274 e. The van der Waals surface area contributed by atoms with Gasteiger partial charge in [-0.1, -0.05) is 6.08 Å². The maximum atomic E-state index is 12.8. The van der Waals surface area contributed by atoms with Gasteiger partial charge in [0.2, 0.25) is 0 Å². The highest BCUT2D eigenvalue weighted by molar-refractivity contribution is 6.03. The first kappa shape index (κ1) is 14.6. The second-order valence-corrected chi connectivity index (χ2v) is 4.32. The lowest BCUT2D eigenvalue weighted by Crippen LogP contribution is -2.15. The molecule has 1 aromatic carbocycles. The number of amides is 1. The summed E-state index contributed by atoms with van der Waals surface area (Å²) in [5.74, 6) is 0.288. The Morgan fingerprint density at radius 1 is 1.33 bits per heavy atom. The first-order valence-corrected chi connectivity index (χ1v) is 6.36. The normalized spacial score (nSPS) is 10.0. The summed E-state index contributed by atoms with van der Waals surface area (Å²) in [7, 11) is 0. The smallest absolute Gasteiger partial charge is 0.274 e. The van der Waals surface area contributed by atoms with Gasteiger partial charge in [-0.25, -0.2) is 14.4 Å². The van der Waals surface area contributed by atoms with Crippen LogP contribution >= 0.6 is 0 Å². The number of carbonyl (C=O) groups excluding carboxylic acids is 1. The Kier molecular flexibility index (Phi) is 4.61. The zero-order chi connectivity index (χ0) is 15.2. The molecule has 108 valence electrons. The Balaban J connectivity index is 2.16. The predicted octanol–water partition coefficient (Wildman–Crippen LogP) is 2.77. The molecular weight excluding hydrogens is 271 g/mol. The van der Waals surface area contributed by atoms with E-state index in [0.29, 0.717) is 23.9 Å². The van der Waals surface area contributed by atoms with Crippen molar-refractivity contribution in [1.82, 2.24) is 9.97 Å². The standard InChI is InChI=1S/C15H15FN4O/c1-3-8-17-14-9-13(18-10(2)19-14)15(21)20-12-6-4-11(16)5-7-12/h3-7,9H,1,8H2,2H3,(H,20,21)(H,17,18,19). The second kappa shape index (κ2) is 6.60. The largest absolute Gasteiger partial charge is 0.366 e. The van der Waals surface area contributed by atoms with E-state index in [4.69, 9.17) is 0 Å². The van der Waals surface area contributed by atoms with Crippen LogP contribution in [0.1, 0.15) is 16.3 Å². The van der Waals surface area contributed by atoms with Crippen molar-refractivity contribution < 1.29 is 9.18 Å². The topological polar surface area (TPSA) is 66.9 Å². The number of benzene rings is 1. The molecule has 21 heavy (non-hydrogen) atoms. The minimum absolute atomic E-state index is 0.235. The van der Waals surface area contributed by atoms with Gasteiger partial charge in [-0.05, 0) is 31.2 Å². The number of nitrogens with zero attached hydrogens (tertiary/aromatic N) is 2. The van der Waals surface area contributed by atoms with Gasteiger partial charge in [0.1, 0.15) is 23.2 Å². The summed E-state index contributed by atoms with van der Waals surface area (Å²) in [6.45, 7) is 5.84. The quantitative estimate of drug-likeness (QED) is 0.829. The van der Waals surface area contributed by atoms with E-state index < -0.39 is 0 Å². The average molecular weight is 286 g/mol. The van der Waals surface area contributed by atoms with Crippen molar-refractivity contribution in [3.8, 4) is 0 Å². The van der Waals surface area contributed by atoms with Gasteiger partial charge in [0.05, 0.1) is 0 Å². The van der Waals surface area contributed by atoms with Crippen LogP contribution in [-0.4, -0.2) is 22.4 Å². The first-order valence-electron chi connectivity index (χ1n) is 6.36. The summed E-state index contributed by atoms with van der Waals surface area (Å²) in [5.41, 5.74) is 0.733. The van der Waals surface area contributed by atoms with E-state index in [1.165, 1.54) is 24.3 Å². The van der Waals surface area contributed by atoms with Crippen LogP contribution < -0.4 is 10.6 Å². The molecule has 0 aliphatic heterocycles. The summed E-state index contributed by atoms with van der Waals surface area (Å²) >= 11 is 0. The molecule has 0 fully saturated rings. The summed E-state index contributed by atoms with van der Waals surface area (Å²) in [6, 6.07) is 7.07. The molecule has 0 unspecified atom stereocenters. The molecule has 1 heterocycles. The van der Waals surface area contributed by atoms with Crippen LogP contribution in [0.15, 0.2) is 43.0 Å². The Morgan fingerprint density at radius 3 is 2.71 bits per heavy atom. The van der Waals surface area contributed by atoms with Gasteiger partial charge in [-0.2, -0.15) is 0 Å². The van der Waals surface area contributed by atoms with Crippen molar-refractivity contribution in [2.75, 3.05) is 17.2 Å². The second-order valence-electron chi connectivity index (χ2n) is 4.32. The van der Waals surface area contributed by atoms with E-state index in [-0.39, 0.29) is 17.4 Å². The molecule has 2 rings (SSSR count). The van der Waals surface area contributed by atoms with Crippen molar-refractivity contribution in [1.29, 1.82) is 0 Å². The molecule has 0 saturated carbocycles. The Labute approximate surface area is 121 Å². The maximum absolute atomic E-state index is 12.8. The van der Waals surface area contributed by atoms with Gasteiger partial charge in [0.25, 0.3) is 5.91 Å². The highest BCUT2D eigenvalue weighted by Crippen LogP contribution is 2.12. The molecule has 0 aliphatic carbocycles. The third-order valence-corrected chi connectivity index (χ3v) is 2.60. The van der Waals surface area contributed by atoms with Crippen molar-refractivity contribution >= 4 is 17.4 Å². The van der Waals surface area contributed by atoms with Gasteiger partial charge in [-0.3, -0.25) is 4.79 Å². The fourth-order valence-corrected chi connectivity index (χ4v) is 1.68. The fourth-order valence-electron chi connectivity index (χ4n) is 1.68. The highest BCUT2D eigenvalue weighted by Gasteiger charge is 2.10. The number of halogens is 1. The fraction of sp³-hybridized carbons (Fsp3) is 0.133. The molecule has 0 saturated heterocycles. The van der Waals surface area contributed by atoms with Gasteiger partial charge in [0, 0.05) is 18.3 Å². The number of nitrogens with one attached hydrogen (secondary N) is 2. The van der Waals surface area contributed by atoms with E-state index in [9.17, 15) is 9.18 Å². The third kappa shape index (κ3) is 4.10. The predicted molar refractivity (Wildman–Crippen MR) is 79.8 cm³/mol. The molecule has 2 N–H and O–H groups in total. The molecule has 0 spiro atoms. The van der Waals surface area contributed by atoms with Crippen LogP contribution in [0, 0.1) is 12.7 Å². The molecular formula is C15H15FN4O. The lowest BCUT2D eigenvalue weighted by Gasteiger charge is -2.08. The molecule has 0 radical (unpaired) electrons. The monoisotopic (exact) mass is 286 g/mol. The summed E-state index contributed by atoms with van der Waals surface area (Å²) in [6.07, 6.45) is 1.69. The first-order chi connectivity index (χ1) is 10.1. The lowest BCUT2D eigenvalue weighted by molar-refractivity contribution is 0.102. The molecule has 0 aliphatic rings. The molecule has 6 heteroatoms. The number of aryl methyl sites for hydroxylation is 1. The van der Waals surface area contributed by atoms with Crippen LogP contribution in [0.5, 0.6) is 0 Å². The molecule has 1 amide bonds. The minimum Gasteiger partial charge on any atom is -0.366 e. The molecule has 0 atom stereocenters. The number of rotatable bonds is 5. The van der Waals surface area contributed by atoms with Crippen molar-refractivity contribution in [2.24, 2.45) is 0 Å². The summed E-state index contributed by atoms with van der Waals surface area (Å²) < 4.78 is 12.8. The highest BCUT2D eigenvalue weighted by atomic mass is 19.1. The van der Waals surface area contributed by atoms with Crippen LogP contribution in [0.4, 0.5) is 15.9 Å². The number of anilines is 2.